The van der Waals surface area contributed by atoms with E-state index in [1.54, 1.807) is 0 Å². The van der Waals surface area contributed by atoms with Crippen molar-refractivity contribution in [3.8, 4) is 5.75 Å². The third-order valence-electron chi connectivity index (χ3n) is 1.70. The number of hydrogen-bond donors (Lipinski definition) is 1. The number of methoxy groups -OCH3 is 1. The first-order valence-electron chi connectivity index (χ1n) is 3.81. The summed E-state index contributed by atoms with van der Waals surface area (Å²) in [6, 6.07) is 1.24. The zero-order chi connectivity index (χ0) is 10.7. The molecule has 0 unspecified atom stereocenters. The lowest BCUT2D eigenvalue weighted by molar-refractivity contribution is 0.145. The molecular formula is C8H9ClF2N2O. The Labute approximate surface area is 84.8 Å². The Balaban J connectivity index is 3.33. The van der Waals surface area contributed by atoms with Crippen LogP contribution >= 0.6 is 11.6 Å². The molecule has 2 N–H and O–H groups in total. The monoisotopic (exact) mass is 222 g/mol. The SMILES string of the molecule is COc1cc(Cl)nc(CN)c1C(F)F. The van der Waals surface area contributed by atoms with Gasteiger partial charge in [0.25, 0.3) is 6.43 Å². The highest BCUT2D eigenvalue weighted by atomic mass is 35.5. The smallest absolute Gasteiger partial charge is 0.269 e. The van der Waals surface area contributed by atoms with Crippen molar-refractivity contribution < 1.29 is 13.5 Å². The van der Waals surface area contributed by atoms with Crippen molar-refractivity contribution in [3.63, 3.8) is 0 Å². The summed E-state index contributed by atoms with van der Waals surface area (Å²) in [4.78, 5) is 3.70. The van der Waals surface area contributed by atoms with Gasteiger partial charge in [-0.1, -0.05) is 11.6 Å². The van der Waals surface area contributed by atoms with Crippen molar-refractivity contribution in [3.05, 3.63) is 22.5 Å². The average molecular weight is 223 g/mol. The van der Waals surface area contributed by atoms with Gasteiger partial charge in [0.05, 0.1) is 18.4 Å². The summed E-state index contributed by atoms with van der Waals surface area (Å²) in [5.41, 5.74) is 5.04. The van der Waals surface area contributed by atoms with E-state index in [2.05, 4.69) is 4.98 Å². The zero-order valence-corrected chi connectivity index (χ0v) is 8.18. The van der Waals surface area contributed by atoms with Crippen LogP contribution in [0.25, 0.3) is 0 Å². The second-order valence-corrected chi connectivity index (χ2v) is 2.90. The summed E-state index contributed by atoms with van der Waals surface area (Å²) in [5, 5.41) is 0.0895. The number of halogens is 3. The van der Waals surface area contributed by atoms with Gasteiger partial charge in [0.15, 0.2) is 0 Å². The molecule has 0 spiro atoms. The van der Waals surface area contributed by atoms with Crippen LogP contribution in [0.3, 0.4) is 0 Å². The summed E-state index contributed by atoms with van der Waals surface area (Å²) in [7, 11) is 1.29. The number of rotatable bonds is 3. The van der Waals surface area contributed by atoms with Crippen molar-refractivity contribution >= 4 is 11.6 Å². The van der Waals surface area contributed by atoms with E-state index in [0.717, 1.165) is 0 Å². The minimum absolute atomic E-state index is 0.0143. The van der Waals surface area contributed by atoms with Crippen molar-refractivity contribution in [2.24, 2.45) is 5.73 Å². The molecule has 1 aromatic heterocycles. The molecule has 0 radical (unpaired) electrons. The van der Waals surface area contributed by atoms with Gasteiger partial charge in [-0.15, -0.1) is 0 Å². The molecule has 0 aliphatic rings. The van der Waals surface area contributed by atoms with Crippen LogP contribution in [0, 0.1) is 0 Å². The summed E-state index contributed by atoms with van der Waals surface area (Å²) >= 11 is 5.59. The quantitative estimate of drug-likeness (QED) is 0.798. The summed E-state index contributed by atoms with van der Waals surface area (Å²) in [6.07, 6.45) is -2.67. The second-order valence-electron chi connectivity index (χ2n) is 2.51. The Bertz CT molecular complexity index is 308. The fourth-order valence-corrected chi connectivity index (χ4v) is 1.31. The van der Waals surface area contributed by atoms with Gasteiger partial charge in [-0.3, -0.25) is 0 Å². The van der Waals surface area contributed by atoms with Crippen LogP contribution in [-0.2, 0) is 6.54 Å². The van der Waals surface area contributed by atoms with E-state index >= 15 is 0 Å². The lowest BCUT2D eigenvalue weighted by Crippen LogP contribution is -2.07. The number of alkyl halides is 2. The lowest BCUT2D eigenvalue weighted by Gasteiger charge is -2.11. The number of aromatic nitrogens is 1. The van der Waals surface area contributed by atoms with E-state index in [1.807, 2.05) is 0 Å². The molecular weight excluding hydrogens is 214 g/mol. The maximum absolute atomic E-state index is 12.6. The lowest BCUT2D eigenvalue weighted by atomic mass is 10.2. The molecule has 0 fully saturated rings. The van der Waals surface area contributed by atoms with Crippen LogP contribution in [0.15, 0.2) is 6.07 Å². The number of pyridine rings is 1. The molecule has 78 valence electrons. The van der Waals surface area contributed by atoms with E-state index in [9.17, 15) is 8.78 Å². The highest BCUT2D eigenvalue weighted by Crippen LogP contribution is 2.32. The van der Waals surface area contributed by atoms with Gasteiger partial charge in [-0.05, 0) is 0 Å². The molecule has 6 heteroatoms. The van der Waals surface area contributed by atoms with Gasteiger partial charge < -0.3 is 10.5 Å². The highest BCUT2D eigenvalue weighted by Gasteiger charge is 2.20. The van der Waals surface area contributed by atoms with E-state index < -0.39 is 6.43 Å². The van der Waals surface area contributed by atoms with Crippen molar-refractivity contribution in [1.82, 2.24) is 4.98 Å². The normalized spacial score (nSPS) is 10.7. The van der Waals surface area contributed by atoms with Crippen molar-refractivity contribution in [2.45, 2.75) is 13.0 Å². The van der Waals surface area contributed by atoms with E-state index in [4.69, 9.17) is 22.1 Å². The number of nitrogens with two attached hydrogens (primary N) is 1. The average Bonchev–Trinajstić information content (AvgIpc) is 2.15. The Morgan fingerprint density at radius 3 is 2.71 bits per heavy atom. The molecule has 1 heterocycles. The number of ether oxygens (including phenoxy) is 1. The van der Waals surface area contributed by atoms with Crippen molar-refractivity contribution in [1.29, 1.82) is 0 Å². The zero-order valence-electron chi connectivity index (χ0n) is 7.43. The first-order valence-corrected chi connectivity index (χ1v) is 4.19. The van der Waals surface area contributed by atoms with Crippen LogP contribution in [0.5, 0.6) is 5.75 Å². The van der Waals surface area contributed by atoms with Gasteiger partial charge in [-0.2, -0.15) is 0 Å². The Kier molecular flexibility index (Phi) is 3.60. The van der Waals surface area contributed by atoms with Crippen LogP contribution in [-0.4, -0.2) is 12.1 Å². The molecule has 0 bridgehead atoms. The summed E-state index contributed by atoms with van der Waals surface area (Å²) in [6.45, 7) is -0.101. The molecule has 0 saturated heterocycles. The maximum atomic E-state index is 12.6. The third-order valence-corrected chi connectivity index (χ3v) is 1.89. The Morgan fingerprint density at radius 1 is 1.64 bits per heavy atom. The van der Waals surface area contributed by atoms with Gasteiger partial charge in [0.1, 0.15) is 10.9 Å². The molecule has 1 rings (SSSR count). The fraction of sp³-hybridized carbons (Fsp3) is 0.375. The second kappa shape index (κ2) is 4.52. The molecule has 0 aliphatic carbocycles. The molecule has 1 aromatic rings. The van der Waals surface area contributed by atoms with Crippen molar-refractivity contribution in [2.75, 3.05) is 7.11 Å². The van der Waals surface area contributed by atoms with Gasteiger partial charge in [-0.25, -0.2) is 13.8 Å². The van der Waals surface area contributed by atoms with E-state index in [-0.39, 0.29) is 28.7 Å². The molecule has 0 amide bonds. The number of nitrogens with zero attached hydrogens (tertiary/aromatic N) is 1. The van der Waals surface area contributed by atoms with Gasteiger partial charge in [0, 0.05) is 12.6 Å². The van der Waals surface area contributed by atoms with Crippen LogP contribution in [0.4, 0.5) is 8.78 Å². The summed E-state index contributed by atoms with van der Waals surface area (Å²) < 4.78 is 29.9. The fourth-order valence-electron chi connectivity index (χ4n) is 1.11. The molecule has 0 saturated carbocycles. The van der Waals surface area contributed by atoms with Crippen LogP contribution < -0.4 is 10.5 Å². The van der Waals surface area contributed by atoms with E-state index in [0.29, 0.717) is 0 Å². The topological polar surface area (TPSA) is 48.1 Å². The standard InChI is InChI=1S/C8H9ClF2N2O/c1-14-5-2-6(9)13-4(3-12)7(5)8(10)11/h2,8H,3,12H2,1H3. The predicted molar refractivity (Wildman–Crippen MR) is 48.6 cm³/mol. The molecule has 0 atom stereocenters. The molecule has 0 aromatic carbocycles. The minimum Gasteiger partial charge on any atom is -0.496 e. The molecule has 3 nitrogen and oxygen atoms in total. The third kappa shape index (κ3) is 2.10. The van der Waals surface area contributed by atoms with Gasteiger partial charge in [0.2, 0.25) is 0 Å². The highest BCUT2D eigenvalue weighted by molar-refractivity contribution is 6.29. The first-order chi connectivity index (χ1) is 6.60. The first kappa shape index (κ1) is 11.1. The largest absolute Gasteiger partial charge is 0.496 e. The van der Waals surface area contributed by atoms with Gasteiger partial charge >= 0.3 is 0 Å². The Morgan fingerprint density at radius 2 is 2.29 bits per heavy atom. The summed E-state index contributed by atoms with van der Waals surface area (Å²) in [5.74, 6) is 0.0143. The molecule has 0 aliphatic heterocycles. The molecule has 14 heavy (non-hydrogen) atoms. The van der Waals surface area contributed by atoms with Crippen LogP contribution in [0.2, 0.25) is 5.15 Å². The van der Waals surface area contributed by atoms with Crippen LogP contribution in [0.1, 0.15) is 17.7 Å². The van der Waals surface area contributed by atoms with E-state index in [1.165, 1.54) is 13.2 Å². The Hall–Kier alpha value is -0.940. The number of hydrogen-bond acceptors (Lipinski definition) is 3. The minimum atomic E-state index is -2.67. The predicted octanol–water partition coefficient (Wildman–Crippen LogP) is 2.14. The maximum Gasteiger partial charge on any atom is 0.269 e.